The molecule has 0 saturated carbocycles. The third-order valence-electron chi connectivity index (χ3n) is 3.62. The van der Waals surface area contributed by atoms with Crippen LogP contribution in [-0.2, 0) is 13.1 Å². The fraction of sp³-hybridized carbons (Fsp3) is 0.167. The standard InChI is InChI=1S/C18H15F3N4O/c19-18(20,21)12-25-16(13-6-2-1-3-7-13)15(11-24-25)17(26)23-10-14-8-4-5-9-22-14/h1-9,11H,10,12H2,(H,23,26). The molecule has 1 aromatic carbocycles. The third-order valence-corrected chi connectivity index (χ3v) is 3.62. The van der Waals surface area contributed by atoms with Crippen molar-refractivity contribution in [3.8, 4) is 11.3 Å². The monoisotopic (exact) mass is 360 g/mol. The number of rotatable bonds is 5. The molecular formula is C18H15F3N4O. The summed E-state index contributed by atoms with van der Waals surface area (Å²) >= 11 is 0. The van der Waals surface area contributed by atoms with Crippen LogP contribution >= 0.6 is 0 Å². The highest BCUT2D eigenvalue weighted by Crippen LogP contribution is 2.27. The number of hydrogen-bond donors (Lipinski definition) is 1. The first kappa shape index (κ1) is 17.7. The van der Waals surface area contributed by atoms with Crippen molar-refractivity contribution in [1.29, 1.82) is 0 Å². The number of carbonyl (C=O) groups excluding carboxylic acids is 1. The van der Waals surface area contributed by atoms with Gasteiger partial charge in [0.15, 0.2) is 0 Å². The van der Waals surface area contributed by atoms with Crippen LogP contribution in [0.3, 0.4) is 0 Å². The van der Waals surface area contributed by atoms with Crippen molar-refractivity contribution in [3.63, 3.8) is 0 Å². The van der Waals surface area contributed by atoms with E-state index >= 15 is 0 Å². The number of amides is 1. The van der Waals surface area contributed by atoms with E-state index in [1.807, 2.05) is 0 Å². The van der Waals surface area contributed by atoms with Crippen molar-refractivity contribution >= 4 is 5.91 Å². The molecule has 2 aromatic heterocycles. The number of carbonyl (C=O) groups is 1. The second kappa shape index (κ2) is 7.38. The Hall–Kier alpha value is -3.16. The summed E-state index contributed by atoms with van der Waals surface area (Å²) in [5.41, 5.74) is 1.33. The summed E-state index contributed by atoms with van der Waals surface area (Å²) in [4.78, 5) is 16.6. The van der Waals surface area contributed by atoms with E-state index < -0.39 is 18.6 Å². The maximum absolute atomic E-state index is 12.8. The van der Waals surface area contributed by atoms with Crippen LogP contribution in [0.5, 0.6) is 0 Å². The van der Waals surface area contributed by atoms with Crippen LogP contribution in [-0.4, -0.2) is 26.8 Å². The van der Waals surface area contributed by atoms with Gasteiger partial charge in [0.25, 0.3) is 5.91 Å². The topological polar surface area (TPSA) is 59.8 Å². The second-order valence-electron chi connectivity index (χ2n) is 5.55. The predicted octanol–water partition coefficient (Wildman–Crippen LogP) is 3.44. The van der Waals surface area contributed by atoms with Crippen molar-refractivity contribution < 1.29 is 18.0 Å². The summed E-state index contributed by atoms with van der Waals surface area (Å²) in [5, 5.41) is 6.44. The van der Waals surface area contributed by atoms with Crippen LogP contribution in [0.25, 0.3) is 11.3 Å². The minimum absolute atomic E-state index is 0.0800. The van der Waals surface area contributed by atoms with Gasteiger partial charge in [0.1, 0.15) is 6.54 Å². The lowest BCUT2D eigenvalue weighted by Crippen LogP contribution is -2.24. The molecule has 0 bridgehead atoms. The first-order valence-corrected chi connectivity index (χ1v) is 7.80. The summed E-state index contributed by atoms with van der Waals surface area (Å²) in [6.45, 7) is -1.11. The number of halogens is 3. The molecule has 8 heteroatoms. The Balaban J connectivity index is 1.90. The van der Waals surface area contributed by atoms with Crippen LogP contribution in [0, 0.1) is 0 Å². The van der Waals surface area contributed by atoms with Crippen molar-refractivity contribution in [3.05, 3.63) is 72.2 Å². The van der Waals surface area contributed by atoms with Gasteiger partial charge in [-0.15, -0.1) is 0 Å². The van der Waals surface area contributed by atoms with E-state index in [-0.39, 0.29) is 17.8 Å². The van der Waals surface area contributed by atoms with E-state index in [1.165, 1.54) is 0 Å². The maximum Gasteiger partial charge on any atom is 0.408 e. The van der Waals surface area contributed by atoms with Gasteiger partial charge >= 0.3 is 6.18 Å². The Labute approximate surface area is 147 Å². The normalized spacial score (nSPS) is 11.3. The van der Waals surface area contributed by atoms with Gasteiger partial charge in [-0.05, 0) is 12.1 Å². The minimum Gasteiger partial charge on any atom is -0.346 e. The molecule has 0 fully saturated rings. The van der Waals surface area contributed by atoms with E-state index in [4.69, 9.17) is 0 Å². The molecule has 0 spiro atoms. The molecule has 5 nitrogen and oxygen atoms in total. The van der Waals surface area contributed by atoms with E-state index in [2.05, 4.69) is 15.4 Å². The molecular weight excluding hydrogens is 345 g/mol. The van der Waals surface area contributed by atoms with Gasteiger partial charge in [-0.2, -0.15) is 18.3 Å². The van der Waals surface area contributed by atoms with Crippen molar-refractivity contribution in [1.82, 2.24) is 20.1 Å². The van der Waals surface area contributed by atoms with E-state index in [9.17, 15) is 18.0 Å². The molecule has 0 unspecified atom stereocenters. The number of pyridine rings is 1. The summed E-state index contributed by atoms with van der Waals surface area (Å²) in [6.07, 6.45) is -1.70. The van der Waals surface area contributed by atoms with Gasteiger partial charge in [-0.25, -0.2) is 0 Å². The quantitative estimate of drug-likeness (QED) is 0.758. The third kappa shape index (κ3) is 4.27. The zero-order valence-corrected chi connectivity index (χ0v) is 13.6. The number of hydrogen-bond acceptors (Lipinski definition) is 3. The van der Waals surface area contributed by atoms with Gasteiger partial charge in [0.05, 0.1) is 29.7 Å². The lowest BCUT2D eigenvalue weighted by molar-refractivity contribution is -0.142. The Morgan fingerprint density at radius 2 is 1.81 bits per heavy atom. The highest BCUT2D eigenvalue weighted by molar-refractivity contribution is 5.99. The van der Waals surface area contributed by atoms with Gasteiger partial charge in [-0.3, -0.25) is 14.5 Å². The molecule has 26 heavy (non-hydrogen) atoms. The first-order chi connectivity index (χ1) is 12.4. The molecule has 1 amide bonds. The molecule has 1 N–H and O–H groups in total. The molecule has 0 radical (unpaired) electrons. The molecule has 3 rings (SSSR count). The van der Waals surface area contributed by atoms with Crippen molar-refractivity contribution in [2.24, 2.45) is 0 Å². The summed E-state index contributed by atoms with van der Waals surface area (Å²) in [7, 11) is 0. The Morgan fingerprint density at radius 3 is 2.46 bits per heavy atom. The zero-order chi connectivity index (χ0) is 18.6. The molecule has 0 aliphatic carbocycles. The highest BCUT2D eigenvalue weighted by Gasteiger charge is 2.31. The van der Waals surface area contributed by atoms with Crippen molar-refractivity contribution in [2.75, 3.05) is 0 Å². The van der Waals surface area contributed by atoms with Crippen LogP contribution in [0.2, 0.25) is 0 Å². The Bertz CT molecular complexity index is 876. The second-order valence-corrected chi connectivity index (χ2v) is 5.55. The lowest BCUT2D eigenvalue weighted by atomic mass is 10.1. The number of aromatic nitrogens is 3. The number of nitrogens with one attached hydrogen (secondary N) is 1. The minimum atomic E-state index is -4.45. The average molecular weight is 360 g/mol. The SMILES string of the molecule is O=C(NCc1ccccn1)c1cnn(CC(F)(F)F)c1-c1ccccc1. The van der Waals surface area contributed by atoms with Crippen LogP contribution < -0.4 is 5.32 Å². The fourth-order valence-corrected chi connectivity index (χ4v) is 2.51. The fourth-order valence-electron chi connectivity index (χ4n) is 2.51. The van der Waals surface area contributed by atoms with Crippen LogP contribution in [0.1, 0.15) is 16.1 Å². The Kier molecular flexibility index (Phi) is 5.01. The molecule has 0 saturated heterocycles. The van der Waals surface area contributed by atoms with Crippen LogP contribution in [0.15, 0.2) is 60.9 Å². The van der Waals surface area contributed by atoms with Gasteiger partial charge < -0.3 is 5.32 Å². The molecule has 0 atom stereocenters. The predicted molar refractivity (Wildman–Crippen MR) is 89.1 cm³/mol. The molecule has 0 aliphatic rings. The molecule has 134 valence electrons. The molecule has 0 aliphatic heterocycles. The number of alkyl halides is 3. The summed E-state index contributed by atoms with van der Waals surface area (Å²) in [5.74, 6) is -0.511. The summed E-state index contributed by atoms with van der Waals surface area (Å²) in [6, 6.07) is 13.7. The smallest absolute Gasteiger partial charge is 0.346 e. The van der Waals surface area contributed by atoms with E-state index in [0.717, 1.165) is 10.9 Å². The highest BCUT2D eigenvalue weighted by atomic mass is 19.4. The lowest BCUT2D eigenvalue weighted by Gasteiger charge is -2.12. The van der Waals surface area contributed by atoms with Gasteiger partial charge in [0.2, 0.25) is 0 Å². The molecule has 3 aromatic rings. The van der Waals surface area contributed by atoms with Crippen molar-refractivity contribution in [2.45, 2.75) is 19.3 Å². The summed E-state index contributed by atoms with van der Waals surface area (Å²) < 4.78 is 39.3. The Morgan fingerprint density at radius 1 is 1.08 bits per heavy atom. The number of benzene rings is 1. The van der Waals surface area contributed by atoms with E-state index in [0.29, 0.717) is 11.3 Å². The van der Waals surface area contributed by atoms with Gasteiger partial charge in [0, 0.05) is 11.8 Å². The maximum atomic E-state index is 12.8. The molecule has 2 heterocycles. The average Bonchev–Trinajstić information content (AvgIpc) is 3.03. The van der Waals surface area contributed by atoms with Crippen LogP contribution in [0.4, 0.5) is 13.2 Å². The van der Waals surface area contributed by atoms with E-state index in [1.54, 1.807) is 54.7 Å². The van der Waals surface area contributed by atoms with Gasteiger partial charge in [-0.1, -0.05) is 36.4 Å². The zero-order valence-electron chi connectivity index (χ0n) is 13.6. The first-order valence-electron chi connectivity index (χ1n) is 7.80. The largest absolute Gasteiger partial charge is 0.408 e. The number of nitrogens with zero attached hydrogens (tertiary/aromatic N) is 3.